The second-order valence-electron chi connectivity index (χ2n) is 4.04. The molecule has 2 atom stereocenters. The highest BCUT2D eigenvalue weighted by atomic mass is 35.5. The van der Waals surface area contributed by atoms with E-state index in [1.807, 2.05) is 0 Å². The number of furan rings is 1. The van der Waals surface area contributed by atoms with Gasteiger partial charge < -0.3 is 14.8 Å². The molecule has 1 amide bonds. The van der Waals surface area contributed by atoms with E-state index in [4.69, 9.17) is 16.0 Å². The lowest BCUT2D eigenvalue weighted by molar-refractivity contribution is 0.0698. The van der Waals surface area contributed by atoms with Crippen LogP contribution >= 0.6 is 11.6 Å². The van der Waals surface area contributed by atoms with Crippen molar-refractivity contribution in [3.8, 4) is 0 Å². The van der Waals surface area contributed by atoms with Gasteiger partial charge in [0.1, 0.15) is 0 Å². The second-order valence-corrected chi connectivity index (χ2v) is 4.41. The summed E-state index contributed by atoms with van der Waals surface area (Å²) in [6.07, 6.45) is 3.13. The summed E-state index contributed by atoms with van der Waals surface area (Å²) in [5.74, 6) is -0.138. The average Bonchev–Trinajstić information content (AvgIpc) is 2.68. The van der Waals surface area contributed by atoms with E-state index >= 15 is 0 Å². The fourth-order valence-corrected chi connectivity index (χ4v) is 2.10. The first-order valence-electron chi connectivity index (χ1n) is 5.41. The fraction of sp³-hybridized carbons (Fsp3) is 0.545. The van der Waals surface area contributed by atoms with Crippen LogP contribution in [0.15, 0.2) is 16.5 Å². The Labute approximate surface area is 98.6 Å². The van der Waals surface area contributed by atoms with Gasteiger partial charge in [0.05, 0.1) is 12.1 Å². The molecular weight excluding hydrogens is 230 g/mol. The molecular formula is C11H14ClNO3. The number of hydrogen-bond acceptors (Lipinski definition) is 3. The SMILES string of the molecule is O=C(N[C@H]1CCCC[C@@H]1O)c1ccc(Cl)o1. The first-order valence-corrected chi connectivity index (χ1v) is 5.79. The number of nitrogens with one attached hydrogen (secondary N) is 1. The van der Waals surface area contributed by atoms with Crippen LogP contribution in [0.2, 0.25) is 5.22 Å². The largest absolute Gasteiger partial charge is 0.440 e. The molecule has 0 aromatic carbocycles. The lowest BCUT2D eigenvalue weighted by Gasteiger charge is -2.27. The van der Waals surface area contributed by atoms with Gasteiger partial charge >= 0.3 is 0 Å². The molecule has 4 nitrogen and oxygen atoms in total. The zero-order chi connectivity index (χ0) is 11.5. The van der Waals surface area contributed by atoms with Crippen molar-refractivity contribution in [1.29, 1.82) is 0 Å². The topological polar surface area (TPSA) is 62.5 Å². The number of halogens is 1. The van der Waals surface area contributed by atoms with Crippen LogP contribution in [-0.2, 0) is 0 Å². The summed E-state index contributed by atoms with van der Waals surface area (Å²) >= 11 is 5.58. The molecule has 0 unspecified atom stereocenters. The number of aliphatic hydroxyl groups excluding tert-OH is 1. The van der Waals surface area contributed by atoms with Crippen molar-refractivity contribution in [3.63, 3.8) is 0 Å². The molecule has 0 radical (unpaired) electrons. The summed E-state index contributed by atoms with van der Waals surface area (Å²) in [5, 5.41) is 12.6. The maximum Gasteiger partial charge on any atom is 0.287 e. The highest BCUT2D eigenvalue weighted by Gasteiger charge is 2.25. The van der Waals surface area contributed by atoms with Crippen molar-refractivity contribution in [3.05, 3.63) is 23.1 Å². The zero-order valence-electron chi connectivity index (χ0n) is 8.78. The number of hydrogen-bond donors (Lipinski definition) is 2. The van der Waals surface area contributed by atoms with Gasteiger partial charge in [-0.2, -0.15) is 0 Å². The normalized spacial score (nSPS) is 25.4. The summed E-state index contributed by atoms with van der Waals surface area (Å²) < 4.78 is 4.99. The van der Waals surface area contributed by atoms with E-state index in [-0.39, 0.29) is 22.9 Å². The lowest BCUT2D eigenvalue weighted by atomic mass is 9.92. The zero-order valence-corrected chi connectivity index (χ0v) is 9.54. The van der Waals surface area contributed by atoms with Gasteiger partial charge in [0.25, 0.3) is 5.91 Å². The number of rotatable bonds is 2. The van der Waals surface area contributed by atoms with Crippen LogP contribution in [0.5, 0.6) is 0 Å². The van der Waals surface area contributed by atoms with Gasteiger partial charge in [0, 0.05) is 0 Å². The minimum Gasteiger partial charge on any atom is -0.440 e. The van der Waals surface area contributed by atoms with Crippen LogP contribution in [0.4, 0.5) is 0 Å². The van der Waals surface area contributed by atoms with Crippen LogP contribution in [0.3, 0.4) is 0 Å². The summed E-state index contributed by atoms with van der Waals surface area (Å²) in [6.45, 7) is 0. The van der Waals surface area contributed by atoms with Crippen LogP contribution in [-0.4, -0.2) is 23.2 Å². The summed E-state index contributed by atoms with van der Waals surface area (Å²) in [6, 6.07) is 2.87. The molecule has 0 bridgehead atoms. The molecule has 1 saturated carbocycles. The third-order valence-corrected chi connectivity index (χ3v) is 3.05. The van der Waals surface area contributed by atoms with Crippen molar-refractivity contribution < 1.29 is 14.3 Å². The highest BCUT2D eigenvalue weighted by molar-refractivity contribution is 6.29. The van der Waals surface area contributed by atoms with Gasteiger partial charge in [0.15, 0.2) is 11.0 Å². The van der Waals surface area contributed by atoms with Crippen LogP contribution in [0.1, 0.15) is 36.2 Å². The Morgan fingerprint density at radius 3 is 2.81 bits per heavy atom. The van der Waals surface area contributed by atoms with E-state index in [2.05, 4.69) is 5.32 Å². The number of carbonyl (C=O) groups excluding carboxylic acids is 1. The van der Waals surface area contributed by atoms with Gasteiger partial charge in [-0.3, -0.25) is 4.79 Å². The van der Waals surface area contributed by atoms with Gasteiger partial charge in [-0.1, -0.05) is 12.8 Å². The first-order chi connectivity index (χ1) is 7.66. The molecule has 1 aliphatic rings. The predicted molar refractivity (Wildman–Crippen MR) is 59.4 cm³/mol. The Kier molecular flexibility index (Phi) is 3.51. The van der Waals surface area contributed by atoms with Crippen molar-refractivity contribution in [2.45, 2.75) is 37.8 Å². The molecule has 1 heterocycles. The summed E-state index contributed by atoms with van der Waals surface area (Å²) in [7, 11) is 0. The Hall–Kier alpha value is -1.00. The number of aliphatic hydroxyl groups is 1. The second kappa shape index (κ2) is 4.89. The molecule has 2 rings (SSSR count). The fourth-order valence-electron chi connectivity index (χ4n) is 1.96. The smallest absolute Gasteiger partial charge is 0.287 e. The Balaban J connectivity index is 1.96. The molecule has 16 heavy (non-hydrogen) atoms. The van der Waals surface area contributed by atoms with E-state index in [0.717, 1.165) is 25.7 Å². The molecule has 0 spiro atoms. The van der Waals surface area contributed by atoms with E-state index in [1.54, 1.807) is 0 Å². The first kappa shape index (κ1) is 11.5. The minimum atomic E-state index is -0.455. The van der Waals surface area contributed by atoms with Gasteiger partial charge in [0.2, 0.25) is 0 Å². The molecule has 2 N–H and O–H groups in total. The standard InChI is InChI=1S/C11H14ClNO3/c12-10-6-5-9(16-10)11(15)13-7-3-1-2-4-8(7)14/h5-8,14H,1-4H2,(H,13,15)/t7-,8-/m0/s1. The van der Waals surface area contributed by atoms with Crippen molar-refractivity contribution in [2.75, 3.05) is 0 Å². The van der Waals surface area contributed by atoms with E-state index in [1.165, 1.54) is 12.1 Å². The van der Waals surface area contributed by atoms with Crippen LogP contribution in [0.25, 0.3) is 0 Å². The Morgan fingerprint density at radius 2 is 2.19 bits per heavy atom. The third kappa shape index (κ3) is 2.57. The van der Waals surface area contributed by atoms with E-state index in [0.29, 0.717) is 0 Å². The predicted octanol–water partition coefficient (Wildman–Crippen LogP) is 1.97. The monoisotopic (exact) mass is 243 g/mol. The molecule has 0 aliphatic heterocycles. The lowest BCUT2D eigenvalue weighted by Crippen LogP contribution is -2.44. The molecule has 1 aromatic rings. The quantitative estimate of drug-likeness (QED) is 0.835. The maximum absolute atomic E-state index is 11.7. The van der Waals surface area contributed by atoms with Crippen molar-refractivity contribution >= 4 is 17.5 Å². The Bertz CT molecular complexity index is 377. The Morgan fingerprint density at radius 1 is 1.44 bits per heavy atom. The van der Waals surface area contributed by atoms with Gasteiger partial charge in [-0.05, 0) is 36.6 Å². The molecule has 1 aromatic heterocycles. The van der Waals surface area contributed by atoms with Gasteiger partial charge in [-0.15, -0.1) is 0 Å². The molecule has 88 valence electrons. The van der Waals surface area contributed by atoms with E-state index in [9.17, 15) is 9.90 Å². The minimum absolute atomic E-state index is 0.176. The van der Waals surface area contributed by atoms with Crippen molar-refractivity contribution in [2.24, 2.45) is 0 Å². The third-order valence-electron chi connectivity index (χ3n) is 2.84. The average molecular weight is 244 g/mol. The van der Waals surface area contributed by atoms with E-state index < -0.39 is 6.10 Å². The molecule has 5 heteroatoms. The summed E-state index contributed by atoms with van der Waals surface area (Å²) in [4.78, 5) is 11.7. The molecule has 1 aliphatic carbocycles. The van der Waals surface area contributed by atoms with Crippen LogP contribution in [0, 0.1) is 0 Å². The van der Waals surface area contributed by atoms with Crippen LogP contribution < -0.4 is 5.32 Å². The summed E-state index contributed by atoms with van der Waals surface area (Å²) in [5.41, 5.74) is 0. The number of carbonyl (C=O) groups is 1. The van der Waals surface area contributed by atoms with Gasteiger partial charge in [-0.25, -0.2) is 0 Å². The number of amides is 1. The molecule has 0 saturated heterocycles. The highest BCUT2D eigenvalue weighted by Crippen LogP contribution is 2.19. The van der Waals surface area contributed by atoms with Crippen molar-refractivity contribution in [1.82, 2.24) is 5.32 Å². The molecule has 1 fully saturated rings. The maximum atomic E-state index is 11.7.